The Bertz CT molecular complexity index is 882. The van der Waals surface area contributed by atoms with Gasteiger partial charge in [0, 0.05) is 4.75 Å². The van der Waals surface area contributed by atoms with Crippen molar-refractivity contribution in [2.75, 3.05) is 13.2 Å². The first-order chi connectivity index (χ1) is 15.1. The quantitative estimate of drug-likeness (QED) is 0.167. The summed E-state index contributed by atoms with van der Waals surface area (Å²) in [4.78, 5) is 53.8. The van der Waals surface area contributed by atoms with Crippen molar-refractivity contribution in [1.82, 2.24) is 10.2 Å². The van der Waals surface area contributed by atoms with Gasteiger partial charge in [0.1, 0.15) is 23.5 Å². The molecule has 1 aromatic carbocycles. The number of amides is 2. The molecule has 0 bridgehead atoms. The van der Waals surface area contributed by atoms with Crippen LogP contribution in [0.15, 0.2) is 30.3 Å². The van der Waals surface area contributed by atoms with Gasteiger partial charge in [-0.1, -0.05) is 30.3 Å². The molecule has 4 atom stereocenters. The second-order valence-electron chi connectivity index (χ2n) is 8.07. The van der Waals surface area contributed by atoms with Crippen LogP contribution in [0, 0.1) is 10.1 Å². The zero-order chi connectivity index (χ0) is 23.5. The summed E-state index contributed by atoms with van der Waals surface area (Å²) in [5, 5.41) is 11.6. The Morgan fingerprint density at radius 2 is 1.94 bits per heavy atom. The third kappa shape index (κ3) is 4.96. The molecular weight excluding hydrogens is 440 g/mol. The van der Waals surface area contributed by atoms with E-state index < -0.39 is 45.2 Å². The maximum Gasteiger partial charge on any atom is 0.330 e. The lowest BCUT2D eigenvalue weighted by Gasteiger charge is -2.44. The van der Waals surface area contributed by atoms with E-state index in [1.165, 1.54) is 16.7 Å². The third-order valence-corrected chi connectivity index (χ3v) is 6.95. The minimum absolute atomic E-state index is 0.0654. The number of hydrogen-bond donors (Lipinski definition) is 2. The monoisotopic (exact) mass is 466 g/mol. The predicted octanol–water partition coefficient (Wildman–Crippen LogP) is 0.765. The van der Waals surface area contributed by atoms with Crippen LogP contribution in [-0.2, 0) is 24.0 Å². The lowest BCUT2D eigenvalue weighted by Crippen LogP contribution is -2.71. The second kappa shape index (κ2) is 9.74. The molecule has 174 valence electrons. The van der Waals surface area contributed by atoms with Gasteiger partial charge in [-0.3, -0.25) is 9.59 Å². The van der Waals surface area contributed by atoms with Crippen molar-refractivity contribution >= 4 is 29.5 Å². The van der Waals surface area contributed by atoms with Crippen LogP contribution in [-0.4, -0.2) is 63.2 Å². The van der Waals surface area contributed by atoms with E-state index in [4.69, 9.17) is 10.5 Å². The molecule has 1 unspecified atom stereocenters. The van der Waals surface area contributed by atoms with Gasteiger partial charge in [-0.2, -0.15) is 0 Å². The number of thioether (sulfide) groups is 1. The molecule has 32 heavy (non-hydrogen) atoms. The minimum atomic E-state index is -0.905. The number of ether oxygens (including phenoxy) is 1. The van der Waals surface area contributed by atoms with Crippen LogP contribution in [0.5, 0.6) is 0 Å². The van der Waals surface area contributed by atoms with Crippen molar-refractivity contribution in [3.63, 3.8) is 0 Å². The van der Waals surface area contributed by atoms with Crippen LogP contribution in [0.25, 0.3) is 0 Å². The number of carbonyl (C=O) groups is 3. The van der Waals surface area contributed by atoms with Crippen LogP contribution >= 0.6 is 11.8 Å². The standard InChI is InChI=1S/C20H26N4O7S/c1-20(2)15(19(27)30-10-6-7-11-31-24(28)29)23-17(26)14(18(23)32-20)22-16(25)13(21)12-8-4-3-5-9-12/h3-5,8-9,13-15,18H,6-7,10-11,21H2,1-2H3,(H,22,25)/t13-,14?,15+,18-/m1/s1. The highest BCUT2D eigenvalue weighted by Gasteiger charge is 2.64. The average molecular weight is 467 g/mol. The summed E-state index contributed by atoms with van der Waals surface area (Å²) < 4.78 is 4.69. The molecular formula is C20H26N4O7S. The number of nitrogens with zero attached hydrogens (tertiary/aromatic N) is 2. The van der Waals surface area contributed by atoms with Crippen molar-refractivity contribution in [1.29, 1.82) is 0 Å². The Hall–Kier alpha value is -2.86. The first-order valence-corrected chi connectivity index (χ1v) is 11.1. The first-order valence-electron chi connectivity index (χ1n) is 10.2. The van der Waals surface area contributed by atoms with E-state index in [-0.39, 0.29) is 19.1 Å². The summed E-state index contributed by atoms with van der Waals surface area (Å²) in [6.07, 6.45) is 0.755. The van der Waals surface area contributed by atoms with Crippen LogP contribution in [0.1, 0.15) is 38.3 Å². The Labute approximate surface area is 189 Å². The highest BCUT2D eigenvalue weighted by molar-refractivity contribution is 8.01. The lowest BCUT2D eigenvalue weighted by molar-refractivity contribution is -0.757. The SMILES string of the molecule is CC1(C)S[C@@H]2C(NC(=O)[C@H](N)c3ccccc3)C(=O)N2[C@H]1C(=O)OCCCCO[N+](=O)[O-]. The number of nitrogens with two attached hydrogens (primary N) is 1. The van der Waals surface area contributed by atoms with Crippen molar-refractivity contribution in [3.05, 3.63) is 46.0 Å². The number of carbonyl (C=O) groups excluding carboxylic acids is 3. The minimum Gasteiger partial charge on any atom is -0.464 e. The van der Waals surface area contributed by atoms with Crippen LogP contribution in [0.3, 0.4) is 0 Å². The molecule has 2 amide bonds. The number of esters is 1. The molecule has 12 heteroatoms. The molecule has 0 saturated carbocycles. The zero-order valence-electron chi connectivity index (χ0n) is 17.8. The average Bonchev–Trinajstić information content (AvgIpc) is 3.01. The van der Waals surface area contributed by atoms with E-state index in [9.17, 15) is 24.5 Å². The maximum absolute atomic E-state index is 12.8. The van der Waals surface area contributed by atoms with Crippen molar-refractivity contribution in [3.8, 4) is 0 Å². The van der Waals surface area contributed by atoms with E-state index in [1.807, 2.05) is 19.9 Å². The molecule has 0 aromatic heterocycles. The summed E-state index contributed by atoms with van der Waals surface area (Å²) in [6, 6.07) is 6.38. The fourth-order valence-electron chi connectivity index (χ4n) is 3.78. The maximum atomic E-state index is 12.8. The number of benzene rings is 1. The zero-order valence-corrected chi connectivity index (χ0v) is 18.6. The summed E-state index contributed by atoms with van der Waals surface area (Å²) in [7, 11) is 0. The topological polar surface area (TPSA) is 154 Å². The molecule has 2 fully saturated rings. The summed E-state index contributed by atoms with van der Waals surface area (Å²) in [6.45, 7) is 3.67. The summed E-state index contributed by atoms with van der Waals surface area (Å²) in [5.74, 6) is -1.36. The normalized spacial score (nSPS) is 24.2. The largest absolute Gasteiger partial charge is 0.464 e. The second-order valence-corrected chi connectivity index (χ2v) is 9.84. The van der Waals surface area contributed by atoms with Gasteiger partial charge in [-0.05, 0) is 32.3 Å². The first kappa shape index (κ1) is 23.8. The lowest BCUT2D eigenvalue weighted by atomic mass is 9.95. The van der Waals surface area contributed by atoms with Gasteiger partial charge >= 0.3 is 5.97 Å². The molecule has 11 nitrogen and oxygen atoms in total. The number of fused-ring (bicyclic) bond motifs is 1. The van der Waals surface area contributed by atoms with Gasteiger partial charge in [0.2, 0.25) is 11.8 Å². The molecule has 2 aliphatic heterocycles. The number of hydrogen-bond acceptors (Lipinski definition) is 9. The molecule has 2 saturated heterocycles. The number of unbranched alkanes of at least 4 members (excludes halogenated alkanes) is 1. The number of rotatable bonds is 10. The molecule has 0 spiro atoms. The van der Waals surface area contributed by atoms with Gasteiger partial charge in [0.05, 0.1) is 13.2 Å². The van der Waals surface area contributed by atoms with Crippen molar-refractivity contribution in [2.45, 2.75) is 54.9 Å². The Morgan fingerprint density at radius 3 is 2.59 bits per heavy atom. The van der Waals surface area contributed by atoms with E-state index in [0.717, 1.165) is 0 Å². The van der Waals surface area contributed by atoms with Crippen LogP contribution in [0.2, 0.25) is 0 Å². The van der Waals surface area contributed by atoms with Crippen molar-refractivity contribution in [2.24, 2.45) is 5.73 Å². The number of β-lactam (4-membered cyclic amide) rings is 1. The third-order valence-electron chi connectivity index (χ3n) is 5.38. The van der Waals surface area contributed by atoms with E-state index in [2.05, 4.69) is 10.2 Å². The predicted molar refractivity (Wildman–Crippen MR) is 115 cm³/mol. The molecule has 0 radical (unpaired) electrons. The van der Waals surface area contributed by atoms with Gasteiger partial charge in [0.25, 0.3) is 5.09 Å². The van der Waals surface area contributed by atoms with Crippen LogP contribution < -0.4 is 11.1 Å². The van der Waals surface area contributed by atoms with Gasteiger partial charge in [-0.25, -0.2) is 4.79 Å². The fourth-order valence-corrected chi connectivity index (χ4v) is 5.40. The van der Waals surface area contributed by atoms with Gasteiger partial charge in [-0.15, -0.1) is 21.9 Å². The molecule has 1 aromatic rings. The molecule has 2 aliphatic rings. The Balaban J connectivity index is 1.54. The number of nitrogens with one attached hydrogen (secondary N) is 1. The molecule has 0 aliphatic carbocycles. The van der Waals surface area contributed by atoms with E-state index in [0.29, 0.717) is 18.4 Å². The van der Waals surface area contributed by atoms with Gasteiger partial charge < -0.3 is 25.5 Å². The van der Waals surface area contributed by atoms with Gasteiger partial charge in [0.15, 0.2) is 0 Å². The smallest absolute Gasteiger partial charge is 0.330 e. The fraction of sp³-hybridized carbons (Fsp3) is 0.550. The molecule has 3 N–H and O–H groups in total. The summed E-state index contributed by atoms with van der Waals surface area (Å²) >= 11 is 1.42. The summed E-state index contributed by atoms with van der Waals surface area (Å²) in [5.41, 5.74) is 6.66. The van der Waals surface area contributed by atoms with Crippen LogP contribution in [0.4, 0.5) is 0 Å². The highest BCUT2D eigenvalue weighted by atomic mass is 32.2. The molecule has 2 heterocycles. The highest BCUT2D eigenvalue weighted by Crippen LogP contribution is 2.51. The Kier molecular flexibility index (Phi) is 7.24. The van der Waals surface area contributed by atoms with E-state index >= 15 is 0 Å². The molecule has 3 rings (SSSR count). The Morgan fingerprint density at radius 1 is 1.28 bits per heavy atom. The van der Waals surface area contributed by atoms with Crippen molar-refractivity contribution < 1.29 is 29.0 Å². The van der Waals surface area contributed by atoms with E-state index in [1.54, 1.807) is 24.3 Å².